The third-order valence-electron chi connectivity index (χ3n) is 5.44. The number of amides is 1. The number of hydrogen-bond donors (Lipinski definition) is 2. The van der Waals surface area contributed by atoms with E-state index in [1.807, 2.05) is 18.2 Å². The molecule has 1 aliphatic carbocycles. The summed E-state index contributed by atoms with van der Waals surface area (Å²) >= 11 is 0. The predicted octanol–water partition coefficient (Wildman–Crippen LogP) is 5.26. The first-order chi connectivity index (χ1) is 13.6. The molecule has 152 valence electrons. The maximum Gasteiger partial charge on any atom is 0.251 e. The Balaban J connectivity index is 0.00000240. The molecular weight excluding hydrogens is 389 g/mol. The standard InChI is InChI=1S/C23H24FN3O.ClH/c1-15-14-22(27-21-5-3-2-4-20(15)21)25-18-10-12-19(13-11-18)26-23(28)16-6-8-17(24)9-7-16;/h2-9,14,18-19H,10-13H2,1H3,(H,25,27)(H,26,28);1H. The molecule has 0 spiro atoms. The molecule has 0 radical (unpaired) electrons. The van der Waals surface area contributed by atoms with E-state index in [1.165, 1.54) is 35.2 Å². The van der Waals surface area contributed by atoms with Crippen LogP contribution in [0.1, 0.15) is 41.6 Å². The molecule has 1 fully saturated rings. The molecule has 0 atom stereocenters. The van der Waals surface area contributed by atoms with Gasteiger partial charge in [0, 0.05) is 23.0 Å². The maximum absolute atomic E-state index is 13.0. The van der Waals surface area contributed by atoms with Gasteiger partial charge in [-0.15, -0.1) is 12.4 Å². The SMILES string of the molecule is Cc1cc(NC2CCC(NC(=O)c3ccc(F)cc3)CC2)nc2ccccc12.Cl. The van der Waals surface area contributed by atoms with Gasteiger partial charge >= 0.3 is 0 Å². The number of carbonyl (C=O) groups is 1. The number of aromatic nitrogens is 1. The maximum atomic E-state index is 13.0. The lowest BCUT2D eigenvalue weighted by molar-refractivity contribution is 0.0926. The van der Waals surface area contributed by atoms with Crippen molar-refractivity contribution >= 4 is 35.0 Å². The zero-order valence-electron chi connectivity index (χ0n) is 16.3. The topological polar surface area (TPSA) is 54.0 Å². The van der Waals surface area contributed by atoms with Gasteiger partial charge in [0.05, 0.1) is 5.52 Å². The minimum Gasteiger partial charge on any atom is -0.367 e. The first-order valence-electron chi connectivity index (χ1n) is 9.78. The first-order valence-corrected chi connectivity index (χ1v) is 9.78. The molecule has 0 unspecified atom stereocenters. The second-order valence-electron chi connectivity index (χ2n) is 7.51. The summed E-state index contributed by atoms with van der Waals surface area (Å²) < 4.78 is 13.0. The van der Waals surface area contributed by atoms with E-state index in [0.717, 1.165) is 37.0 Å². The van der Waals surface area contributed by atoms with Gasteiger partial charge in [-0.25, -0.2) is 9.37 Å². The van der Waals surface area contributed by atoms with E-state index in [1.54, 1.807) is 0 Å². The number of fused-ring (bicyclic) bond motifs is 1. The molecule has 0 saturated heterocycles. The number of hydrogen-bond acceptors (Lipinski definition) is 3. The Morgan fingerprint density at radius 1 is 1.00 bits per heavy atom. The number of aryl methyl sites for hydroxylation is 1. The molecule has 0 bridgehead atoms. The monoisotopic (exact) mass is 413 g/mol. The number of carbonyl (C=O) groups excluding carboxylic acids is 1. The van der Waals surface area contributed by atoms with Crippen molar-refractivity contribution in [3.63, 3.8) is 0 Å². The van der Waals surface area contributed by atoms with Crippen LogP contribution in [0.3, 0.4) is 0 Å². The van der Waals surface area contributed by atoms with Crippen LogP contribution < -0.4 is 10.6 Å². The fraction of sp³-hybridized carbons (Fsp3) is 0.304. The second-order valence-corrected chi connectivity index (χ2v) is 7.51. The third kappa shape index (κ3) is 5.04. The van der Waals surface area contributed by atoms with Crippen molar-refractivity contribution in [1.29, 1.82) is 0 Å². The number of para-hydroxylation sites is 1. The minimum absolute atomic E-state index is 0. The molecule has 2 aromatic carbocycles. The molecule has 1 aliphatic rings. The summed E-state index contributed by atoms with van der Waals surface area (Å²) in [7, 11) is 0. The Labute approximate surface area is 176 Å². The highest BCUT2D eigenvalue weighted by Crippen LogP contribution is 2.25. The Hall–Kier alpha value is -2.66. The summed E-state index contributed by atoms with van der Waals surface area (Å²) in [5.41, 5.74) is 2.72. The van der Waals surface area contributed by atoms with Crippen LogP contribution in [0.5, 0.6) is 0 Å². The smallest absolute Gasteiger partial charge is 0.251 e. The fourth-order valence-electron chi connectivity index (χ4n) is 3.88. The number of halogens is 2. The molecule has 1 heterocycles. The van der Waals surface area contributed by atoms with Gasteiger partial charge < -0.3 is 10.6 Å². The van der Waals surface area contributed by atoms with E-state index in [0.29, 0.717) is 11.6 Å². The lowest BCUT2D eigenvalue weighted by Gasteiger charge is -2.30. The number of pyridine rings is 1. The van der Waals surface area contributed by atoms with Crippen molar-refractivity contribution < 1.29 is 9.18 Å². The van der Waals surface area contributed by atoms with Crippen LogP contribution in [0, 0.1) is 12.7 Å². The van der Waals surface area contributed by atoms with Crippen molar-refractivity contribution in [2.24, 2.45) is 0 Å². The molecule has 1 saturated carbocycles. The average Bonchev–Trinajstić information content (AvgIpc) is 2.70. The molecule has 1 amide bonds. The van der Waals surface area contributed by atoms with Crippen LogP contribution in [-0.4, -0.2) is 23.0 Å². The number of rotatable bonds is 4. The zero-order valence-corrected chi connectivity index (χ0v) is 17.1. The highest BCUT2D eigenvalue weighted by atomic mass is 35.5. The van der Waals surface area contributed by atoms with E-state index in [9.17, 15) is 9.18 Å². The van der Waals surface area contributed by atoms with Gasteiger partial charge in [0.1, 0.15) is 11.6 Å². The van der Waals surface area contributed by atoms with Gasteiger partial charge in [-0.3, -0.25) is 4.79 Å². The minimum atomic E-state index is -0.333. The third-order valence-corrected chi connectivity index (χ3v) is 5.44. The fourth-order valence-corrected chi connectivity index (χ4v) is 3.88. The highest BCUT2D eigenvalue weighted by Gasteiger charge is 2.23. The Morgan fingerprint density at radius 2 is 1.66 bits per heavy atom. The average molecular weight is 414 g/mol. The highest BCUT2D eigenvalue weighted by molar-refractivity contribution is 5.94. The van der Waals surface area contributed by atoms with Crippen molar-refractivity contribution in [3.05, 3.63) is 71.5 Å². The lowest BCUT2D eigenvalue weighted by Crippen LogP contribution is -2.40. The molecule has 4 rings (SSSR count). The van der Waals surface area contributed by atoms with Crippen LogP contribution in [-0.2, 0) is 0 Å². The number of anilines is 1. The van der Waals surface area contributed by atoms with E-state index < -0.39 is 0 Å². The number of benzene rings is 2. The van der Waals surface area contributed by atoms with E-state index in [-0.39, 0.29) is 30.2 Å². The van der Waals surface area contributed by atoms with Gasteiger partial charge in [-0.05, 0) is 74.6 Å². The van der Waals surface area contributed by atoms with Crippen LogP contribution in [0.15, 0.2) is 54.6 Å². The van der Waals surface area contributed by atoms with Crippen LogP contribution in [0.4, 0.5) is 10.2 Å². The van der Waals surface area contributed by atoms with E-state index in [2.05, 4.69) is 29.7 Å². The van der Waals surface area contributed by atoms with Gasteiger partial charge in [-0.1, -0.05) is 18.2 Å². The largest absolute Gasteiger partial charge is 0.367 e. The molecule has 2 N–H and O–H groups in total. The van der Waals surface area contributed by atoms with Gasteiger partial charge in [0.2, 0.25) is 0 Å². The van der Waals surface area contributed by atoms with Crippen molar-refractivity contribution in [2.45, 2.75) is 44.7 Å². The van der Waals surface area contributed by atoms with Crippen molar-refractivity contribution in [3.8, 4) is 0 Å². The molecule has 29 heavy (non-hydrogen) atoms. The summed E-state index contributed by atoms with van der Waals surface area (Å²) in [6.07, 6.45) is 3.78. The van der Waals surface area contributed by atoms with Gasteiger partial charge in [0.15, 0.2) is 0 Å². The summed E-state index contributed by atoms with van der Waals surface area (Å²) in [6.45, 7) is 2.11. The Morgan fingerprint density at radius 3 is 2.38 bits per heavy atom. The summed E-state index contributed by atoms with van der Waals surface area (Å²) in [5.74, 6) is 0.443. The molecule has 1 aromatic heterocycles. The molecule has 0 aliphatic heterocycles. The van der Waals surface area contributed by atoms with Gasteiger partial charge in [0.25, 0.3) is 5.91 Å². The van der Waals surface area contributed by atoms with Crippen LogP contribution in [0.25, 0.3) is 10.9 Å². The normalized spacial score (nSPS) is 18.7. The Bertz CT molecular complexity index is 985. The number of nitrogens with zero attached hydrogens (tertiary/aromatic N) is 1. The second kappa shape index (κ2) is 9.23. The van der Waals surface area contributed by atoms with Crippen molar-refractivity contribution in [2.75, 3.05) is 5.32 Å². The first kappa shape index (κ1) is 21.1. The number of nitrogens with one attached hydrogen (secondary N) is 2. The summed E-state index contributed by atoms with van der Waals surface area (Å²) in [5, 5.41) is 7.81. The molecule has 6 heteroatoms. The molecular formula is C23H25ClFN3O. The predicted molar refractivity (Wildman–Crippen MR) is 117 cm³/mol. The summed E-state index contributed by atoms with van der Waals surface area (Å²) in [4.78, 5) is 17.0. The van der Waals surface area contributed by atoms with Crippen molar-refractivity contribution in [1.82, 2.24) is 10.3 Å². The van der Waals surface area contributed by atoms with E-state index >= 15 is 0 Å². The lowest BCUT2D eigenvalue weighted by atomic mass is 9.91. The van der Waals surface area contributed by atoms with Gasteiger partial charge in [-0.2, -0.15) is 0 Å². The Kier molecular flexibility index (Phi) is 6.70. The van der Waals surface area contributed by atoms with Crippen LogP contribution >= 0.6 is 12.4 Å². The van der Waals surface area contributed by atoms with E-state index in [4.69, 9.17) is 4.98 Å². The van der Waals surface area contributed by atoms with Crippen LogP contribution in [0.2, 0.25) is 0 Å². The zero-order chi connectivity index (χ0) is 19.5. The quantitative estimate of drug-likeness (QED) is 0.613. The summed E-state index contributed by atoms with van der Waals surface area (Å²) in [6, 6.07) is 16.4. The molecule has 4 nitrogen and oxygen atoms in total. The molecule has 3 aromatic rings.